The molecule has 1 aromatic carbocycles. The van der Waals surface area contributed by atoms with Crippen LogP contribution in [0.3, 0.4) is 0 Å². The first kappa shape index (κ1) is 11.2. The lowest BCUT2D eigenvalue weighted by atomic mass is 9.64. The number of carboxylic acids is 1. The predicted octanol–water partition coefficient (Wildman–Crippen LogP) is 3.22. The van der Waals surface area contributed by atoms with Gasteiger partial charge in [-0.3, -0.25) is 4.79 Å². The van der Waals surface area contributed by atoms with E-state index in [9.17, 15) is 18.7 Å². The zero-order chi connectivity index (χ0) is 12.9. The molecular formula is C13H10F2O3. The van der Waals surface area contributed by atoms with Gasteiger partial charge < -0.3 is 9.52 Å². The van der Waals surface area contributed by atoms with E-state index in [0.29, 0.717) is 6.42 Å². The summed E-state index contributed by atoms with van der Waals surface area (Å²) in [6, 6.07) is 2.43. The summed E-state index contributed by atoms with van der Waals surface area (Å²) in [5.74, 6) is -2.84. The van der Waals surface area contributed by atoms with Crippen LogP contribution in [-0.4, -0.2) is 11.1 Å². The second kappa shape index (κ2) is 3.54. The Balaban J connectivity index is 2.31. The first-order valence-corrected chi connectivity index (χ1v) is 5.65. The quantitative estimate of drug-likeness (QED) is 0.892. The Kier molecular flexibility index (Phi) is 2.20. The van der Waals surface area contributed by atoms with Crippen molar-refractivity contribution in [1.29, 1.82) is 0 Å². The van der Waals surface area contributed by atoms with Crippen LogP contribution in [0.5, 0.6) is 0 Å². The number of halogens is 2. The average molecular weight is 252 g/mol. The first-order chi connectivity index (χ1) is 8.56. The number of carboxylic acid groups (broad SMARTS) is 1. The molecule has 1 aromatic heterocycles. The molecule has 0 aliphatic heterocycles. The van der Waals surface area contributed by atoms with Gasteiger partial charge in [0, 0.05) is 11.6 Å². The standard InChI is InChI=1S/C13H10F2O3/c14-8-6-9-7(2-5-18-9)11(15)10(8)13(12(16)17)3-1-4-13/h2,5-6H,1,3-4H2,(H,16,17). The van der Waals surface area contributed by atoms with Crippen LogP contribution >= 0.6 is 0 Å². The van der Waals surface area contributed by atoms with Gasteiger partial charge in [0.2, 0.25) is 0 Å². The third-order valence-corrected chi connectivity index (χ3v) is 3.74. The van der Waals surface area contributed by atoms with Crippen molar-refractivity contribution in [1.82, 2.24) is 0 Å². The van der Waals surface area contributed by atoms with Crippen molar-refractivity contribution in [3.63, 3.8) is 0 Å². The van der Waals surface area contributed by atoms with Crippen molar-refractivity contribution in [2.24, 2.45) is 0 Å². The fraction of sp³-hybridized carbons (Fsp3) is 0.308. The normalized spacial score (nSPS) is 17.7. The van der Waals surface area contributed by atoms with Crippen LogP contribution in [0.2, 0.25) is 0 Å². The number of furan rings is 1. The lowest BCUT2D eigenvalue weighted by Gasteiger charge is -2.38. The van der Waals surface area contributed by atoms with Gasteiger partial charge in [0.25, 0.3) is 0 Å². The Hall–Kier alpha value is -1.91. The van der Waals surface area contributed by atoms with Crippen molar-refractivity contribution >= 4 is 16.9 Å². The number of fused-ring (bicyclic) bond motifs is 1. The summed E-state index contributed by atoms with van der Waals surface area (Å²) in [5.41, 5.74) is -1.66. The zero-order valence-electron chi connectivity index (χ0n) is 9.37. The summed E-state index contributed by atoms with van der Waals surface area (Å²) >= 11 is 0. The van der Waals surface area contributed by atoms with E-state index in [4.69, 9.17) is 4.42 Å². The molecule has 0 unspecified atom stereocenters. The van der Waals surface area contributed by atoms with Crippen LogP contribution in [0.15, 0.2) is 22.8 Å². The molecule has 1 aliphatic carbocycles. The SMILES string of the molecule is O=C(O)C1(c2c(F)cc3occc3c2F)CCC1. The van der Waals surface area contributed by atoms with E-state index in [0.717, 1.165) is 6.07 Å². The maximum absolute atomic E-state index is 14.3. The van der Waals surface area contributed by atoms with Crippen molar-refractivity contribution in [3.05, 3.63) is 35.6 Å². The number of hydrogen-bond donors (Lipinski definition) is 1. The zero-order valence-corrected chi connectivity index (χ0v) is 9.37. The predicted molar refractivity (Wildman–Crippen MR) is 59.3 cm³/mol. The maximum Gasteiger partial charge on any atom is 0.314 e. The molecule has 0 atom stereocenters. The molecule has 1 fully saturated rings. The van der Waals surface area contributed by atoms with Crippen molar-refractivity contribution in [3.8, 4) is 0 Å². The minimum atomic E-state index is -1.42. The Labute approximate surface area is 101 Å². The highest BCUT2D eigenvalue weighted by Crippen LogP contribution is 2.47. The second-order valence-electron chi connectivity index (χ2n) is 4.62. The topological polar surface area (TPSA) is 50.4 Å². The largest absolute Gasteiger partial charge is 0.481 e. The third-order valence-electron chi connectivity index (χ3n) is 3.74. The molecule has 5 heteroatoms. The molecule has 0 bridgehead atoms. The van der Waals surface area contributed by atoms with Gasteiger partial charge in [-0.25, -0.2) is 8.78 Å². The van der Waals surface area contributed by atoms with Gasteiger partial charge >= 0.3 is 5.97 Å². The molecule has 1 saturated carbocycles. The molecule has 0 amide bonds. The number of hydrogen-bond acceptors (Lipinski definition) is 2. The maximum atomic E-state index is 14.3. The first-order valence-electron chi connectivity index (χ1n) is 5.65. The van der Waals surface area contributed by atoms with Gasteiger partial charge in [0.15, 0.2) is 0 Å². The molecule has 0 spiro atoms. The number of carbonyl (C=O) groups is 1. The Bertz CT molecular complexity index is 641. The summed E-state index contributed by atoms with van der Waals surface area (Å²) < 4.78 is 33.2. The summed E-state index contributed by atoms with van der Waals surface area (Å²) in [4.78, 5) is 11.3. The summed E-state index contributed by atoms with van der Waals surface area (Å²) in [7, 11) is 0. The van der Waals surface area contributed by atoms with Gasteiger partial charge in [-0.15, -0.1) is 0 Å². The van der Waals surface area contributed by atoms with Crippen molar-refractivity contribution in [2.75, 3.05) is 0 Å². The third kappa shape index (κ3) is 1.24. The van der Waals surface area contributed by atoms with Crippen LogP contribution < -0.4 is 0 Å². The van der Waals surface area contributed by atoms with E-state index in [-0.39, 0.29) is 29.4 Å². The molecule has 3 rings (SSSR count). The summed E-state index contributed by atoms with van der Waals surface area (Å²) in [6.07, 6.45) is 2.44. The highest BCUT2D eigenvalue weighted by molar-refractivity contribution is 5.86. The van der Waals surface area contributed by atoms with E-state index >= 15 is 0 Å². The van der Waals surface area contributed by atoms with Crippen LogP contribution in [0.25, 0.3) is 11.0 Å². The smallest absolute Gasteiger partial charge is 0.314 e. The molecule has 1 aliphatic rings. The van der Waals surface area contributed by atoms with Crippen LogP contribution in [-0.2, 0) is 10.2 Å². The minimum absolute atomic E-state index is 0.0913. The van der Waals surface area contributed by atoms with E-state index in [2.05, 4.69) is 0 Å². The Morgan fingerprint density at radius 1 is 1.39 bits per heavy atom. The van der Waals surface area contributed by atoms with E-state index in [1.165, 1.54) is 12.3 Å². The second-order valence-corrected chi connectivity index (χ2v) is 4.62. The van der Waals surface area contributed by atoms with E-state index < -0.39 is 23.0 Å². The molecule has 18 heavy (non-hydrogen) atoms. The molecule has 1 N–H and O–H groups in total. The molecule has 0 saturated heterocycles. The lowest BCUT2D eigenvalue weighted by Crippen LogP contribution is -2.43. The summed E-state index contributed by atoms with van der Waals surface area (Å²) in [6.45, 7) is 0. The molecule has 2 aromatic rings. The van der Waals surface area contributed by atoms with Gasteiger partial charge in [-0.2, -0.15) is 0 Å². The van der Waals surface area contributed by atoms with E-state index in [1.54, 1.807) is 0 Å². The van der Waals surface area contributed by atoms with Gasteiger partial charge in [0.1, 0.15) is 17.2 Å². The monoisotopic (exact) mass is 252 g/mol. The Morgan fingerprint density at radius 3 is 2.67 bits per heavy atom. The fourth-order valence-corrected chi connectivity index (χ4v) is 2.58. The van der Waals surface area contributed by atoms with Crippen LogP contribution in [0.4, 0.5) is 8.78 Å². The number of rotatable bonds is 2. The summed E-state index contributed by atoms with van der Waals surface area (Å²) in [5, 5.41) is 9.38. The molecule has 0 radical (unpaired) electrons. The molecular weight excluding hydrogens is 242 g/mol. The molecule has 3 nitrogen and oxygen atoms in total. The molecule has 1 heterocycles. The van der Waals surface area contributed by atoms with Gasteiger partial charge in [-0.05, 0) is 18.9 Å². The van der Waals surface area contributed by atoms with E-state index in [1.807, 2.05) is 0 Å². The number of benzene rings is 1. The fourth-order valence-electron chi connectivity index (χ4n) is 2.58. The van der Waals surface area contributed by atoms with Crippen LogP contribution in [0.1, 0.15) is 24.8 Å². The Morgan fingerprint density at radius 2 is 2.11 bits per heavy atom. The highest BCUT2D eigenvalue weighted by Gasteiger charge is 2.49. The highest BCUT2D eigenvalue weighted by atomic mass is 19.1. The molecule has 94 valence electrons. The minimum Gasteiger partial charge on any atom is -0.481 e. The lowest BCUT2D eigenvalue weighted by molar-refractivity contribution is -0.147. The average Bonchev–Trinajstić information content (AvgIpc) is 2.68. The van der Waals surface area contributed by atoms with Crippen molar-refractivity contribution < 1.29 is 23.1 Å². The number of aliphatic carboxylic acids is 1. The van der Waals surface area contributed by atoms with Gasteiger partial charge in [-0.1, -0.05) is 6.42 Å². The van der Waals surface area contributed by atoms with Crippen molar-refractivity contribution in [2.45, 2.75) is 24.7 Å². The van der Waals surface area contributed by atoms with Crippen LogP contribution in [0, 0.1) is 11.6 Å². The van der Waals surface area contributed by atoms with Gasteiger partial charge in [0.05, 0.1) is 17.1 Å².